The average molecular weight is 286 g/mol. The smallest absolute Gasteiger partial charge is 0.0486 e. The lowest BCUT2D eigenvalue weighted by Crippen LogP contribution is -2.06. The highest BCUT2D eigenvalue weighted by Crippen LogP contribution is 2.38. The van der Waals surface area contributed by atoms with Crippen LogP contribution in [-0.4, -0.2) is 4.98 Å². The Morgan fingerprint density at radius 1 is 0.909 bits per heavy atom. The molecule has 1 aliphatic carbocycles. The second kappa shape index (κ2) is 5.30. The number of hydrogen-bond acceptors (Lipinski definition) is 2. The average Bonchev–Trinajstić information content (AvgIpc) is 2.93. The number of benzene rings is 2. The number of anilines is 1. The van der Waals surface area contributed by atoms with Crippen molar-refractivity contribution in [2.24, 2.45) is 0 Å². The molecule has 1 unspecified atom stereocenters. The van der Waals surface area contributed by atoms with Crippen LogP contribution in [-0.2, 0) is 6.42 Å². The zero-order valence-corrected chi connectivity index (χ0v) is 12.6. The molecule has 3 aromatic rings. The normalized spacial score (nSPS) is 13.3. The van der Waals surface area contributed by atoms with E-state index in [2.05, 4.69) is 71.8 Å². The van der Waals surface area contributed by atoms with Crippen molar-refractivity contribution < 1.29 is 0 Å². The van der Waals surface area contributed by atoms with Crippen molar-refractivity contribution in [2.45, 2.75) is 19.4 Å². The summed E-state index contributed by atoms with van der Waals surface area (Å²) in [6.07, 6.45) is 4.71. The first kappa shape index (κ1) is 13.1. The molecule has 22 heavy (non-hydrogen) atoms. The third kappa shape index (κ3) is 2.27. The standard InChI is InChI=1S/C20H18N2/c1-14(15-8-10-21-11-9-15)22-18-6-7-20-17(13-18)12-16-4-2-3-5-19(16)20/h2-11,13-14,22H,12H2,1H3. The molecule has 4 rings (SSSR count). The largest absolute Gasteiger partial charge is 0.379 e. The summed E-state index contributed by atoms with van der Waals surface area (Å²) in [5.41, 5.74) is 8.02. The van der Waals surface area contributed by atoms with Crippen molar-refractivity contribution in [3.63, 3.8) is 0 Å². The highest BCUT2D eigenvalue weighted by molar-refractivity contribution is 5.78. The Hall–Kier alpha value is -2.61. The number of aromatic nitrogens is 1. The number of pyridine rings is 1. The summed E-state index contributed by atoms with van der Waals surface area (Å²) in [5, 5.41) is 3.59. The van der Waals surface area contributed by atoms with Crippen molar-refractivity contribution in [3.05, 3.63) is 83.7 Å². The van der Waals surface area contributed by atoms with Crippen molar-refractivity contribution in [1.29, 1.82) is 0 Å². The minimum Gasteiger partial charge on any atom is -0.379 e. The minimum absolute atomic E-state index is 0.268. The van der Waals surface area contributed by atoms with Crippen LogP contribution >= 0.6 is 0 Å². The van der Waals surface area contributed by atoms with Gasteiger partial charge in [-0.25, -0.2) is 0 Å². The molecule has 1 aromatic heterocycles. The fourth-order valence-corrected chi connectivity index (χ4v) is 3.22. The number of nitrogens with zero attached hydrogens (tertiary/aromatic N) is 1. The van der Waals surface area contributed by atoms with E-state index in [1.807, 2.05) is 12.4 Å². The molecular formula is C20H18N2. The topological polar surface area (TPSA) is 24.9 Å². The highest BCUT2D eigenvalue weighted by atomic mass is 14.9. The third-order valence-corrected chi connectivity index (χ3v) is 4.38. The van der Waals surface area contributed by atoms with Crippen LogP contribution in [0.15, 0.2) is 67.0 Å². The van der Waals surface area contributed by atoms with E-state index in [0.29, 0.717) is 0 Å². The molecule has 0 aliphatic heterocycles. The molecule has 0 spiro atoms. The van der Waals surface area contributed by atoms with Gasteiger partial charge in [-0.15, -0.1) is 0 Å². The maximum absolute atomic E-state index is 4.08. The Labute approximate surface area is 130 Å². The first-order chi connectivity index (χ1) is 10.8. The molecule has 2 nitrogen and oxygen atoms in total. The van der Waals surface area contributed by atoms with Crippen LogP contribution < -0.4 is 5.32 Å². The molecule has 0 radical (unpaired) electrons. The summed E-state index contributed by atoms with van der Waals surface area (Å²) in [7, 11) is 0. The maximum Gasteiger partial charge on any atom is 0.0486 e. The SMILES string of the molecule is CC(Nc1ccc2c(c1)Cc1ccccc1-2)c1ccncc1. The van der Waals surface area contributed by atoms with Gasteiger partial charge in [-0.2, -0.15) is 0 Å². The van der Waals surface area contributed by atoms with E-state index in [0.717, 1.165) is 6.42 Å². The van der Waals surface area contributed by atoms with Crippen LogP contribution in [0.5, 0.6) is 0 Å². The second-order valence-electron chi connectivity index (χ2n) is 5.85. The Morgan fingerprint density at radius 2 is 1.68 bits per heavy atom. The van der Waals surface area contributed by atoms with Crippen LogP contribution in [0.2, 0.25) is 0 Å². The molecule has 0 saturated heterocycles. The number of fused-ring (bicyclic) bond motifs is 3. The minimum atomic E-state index is 0.268. The molecule has 2 heteroatoms. The summed E-state index contributed by atoms with van der Waals surface area (Å²) in [5.74, 6) is 0. The third-order valence-electron chi connectivity index (χ3n) is 4.38. The number of rotatable bonds is 3. The lowest BCUT2D eigenvalue weighted by molar-refractivity contribution is 0.880. The maximum atomic E-state index is 4.08. The molecule has 1 aliphatic rings. The molecule has 0 bridgehead atoms. The molecule has 2 aromatic carbocycles. The van der Waals surface area contributed by atoms with E-state index < -0.39 is 0 Å². The van der Waals surface area contributed by atoms with E-state index in [1.165, 1.54) is 33.5 Å². The van der Waals surface area contributed by atoms with Crippen molar-refractivity contribution >= 4 is 5.69 Å². The van der Waals surface area contributed by atoms with Crippen LogP contribution in [0.1, 0.15) is 29.7 Å². The zero-order chi connectivity index (χ0) is 14.9. The summed E-state index contributed by atoms with van der Waals surface area (Å²) in [4.78, 5) is 4.08. The molecule has 1 atom stereocenters. The summed E-state index contributed by atoms with van der Waals surface area (Å²) >= 11 is 0. The first-order valence-electron chi connectivity index (χ1n) is 7.69. The fourth-order valence-electron chi connectivity index (χ4n) is 3.22. The van der Waals surface area contributed by atoms with Crippen LogP contribution in [0.3, 0.4) is 0 Å². The van der Waals surface area contributed by atoms with Gasteiger partial charge in [0.2, 0.25) is 0 Å². The van der Waals surface area contributed by atoms with Gasteiger partial charge in [0.15, 0.2) is 0 Å². The molecular weight excluding hydrogens is 268 g/mol. The van der Waals surface area contributed by atoms with Gasteiger partial charge in [-0.3, -0.25) is 4.98 Å². The number of nitrogens with one attached hydrogen (secondary N) is 1. The van der Waals surface area contributed by atoms with Crippen molar-refractivity contribution in [1.82, 2.24) is 4.98 Å². The van der Waals surface area contributed by atoms with Gasteiger partial charge in [-0.05, 0) is 65.4 Å². The van der Waals surface area contributed by atoms with Gasteiger partial charge in [0, 0.05) is 24.1 Å². The monoisotopic (exact) mass is 286 g/mol. The molecule has 108 valence electrons. The predicted molar refractivity (Wildman–Crippen MR) is 91.0 cm³/mol. The molecule has 1 N–H and O–H groups in total. The van der Waals surface area contributed by atoms with Crippen LogP contribution in [0.25, 0.3) is 11.1 Å². The number of hydrogen-bond donors (Lipinski definition) is 1. The lowest BCUT2D eigenvalue weighted by atomic mass is 10.0. The fraction of sp³-hybridized carbons (Fsp3) is 0.150. The van der Waals surface area contributed by atoms with Gasteiger partial charge < -0.3 is 5.32 Å². The Bertz CT molecular complexity index is 809. The zero-order valence-electron chi connectivity index (χ0n) is 12.6. The van der Waals surface area contributed by atoms with Gasteiger partial charge in [-0.1, -0.05) is 30.3 Å². The van der Waals surface area contributed by atoms with E-state index in [9.17, 15) is 0 Å². The summed E-state index contributed by atoms with van der Waals surface area (Å²) in [6, 6.07) is 19.8. The summed E-state index contributed by atoms with van der Waals surface area (Å²) in [6.45, 7) is 2.18. The highest BCUT2D eigenvalue weighted by Gasteiger charge is 2.18. The lowest BCUT2D eigenvalue weighted by Gasteiger charge is -2.16. The summed E-state index contributed by atoms with van der Waals surface area (Å²) < 4.78 is 0. The Kier molecular flexibility index (Phi) is 3.15. The second-order valence-corrected chi connectivity index (χ2v) is 5.85. The van der Waals surface area contributed by atoms with Gasteiger partial charge in [0.05, 0.1) is 0 Å². The molecule has 0 amide bonds. The quantitative estimate of drug-likeness (QED) is 0.583. The van der Waals surface area contributed by atoms with Gasteiger partial charge in [0.1, 0.15) is 0 Å². The first-order valence-corrected chi connectivity index (χ1v) is 7.69. The van der Waals surface area contributed by atoms with Crippen molar-refractivity contribution in [3.8, 4) is 11.1 Å². The van der Waals surface area contributed by atoms with E-state index in [-0.39, 0.29) is 6.04 Å². The van der Waals surface area contributed by atoms with Crippen LogP contribution in [0, 0.1) is 0 Å². The van der Waals surface area contributed by atoms with E-state index >= 15 is 0 Å². The Balaban J connectivity index is 1.60. The van der Waals surface area contributed by atoms with Crippen LogP contribution in [0.4, 0.5) is 5.69 Å². The van der Waals surface area contributed by atoms with Gasteiger partial charge in [0.25, 0.3) is 0 Å². The molecule has 0 saturated carbocycles. The van der Waals surface area contributed by atoms with E-state index in [4.69, 9.17) is 0 Å². The van der Waals surface area contributed by atoms with Gasteiger partial charge >= 0.3 is 0 Å². The van der Waals surface area contributed by atoms with Crippen molar-refractivity contribution in [2.75, 3.05) is 5.32 Å². The predicted octanol–water partition coefficient (Wildman–Crippen LogP) is 4.83. The van der Waals surface area contributed by atoms with E-state index in [1.54, 1.807) is 0 Å². The molecule has 1 heterocycles. The molecule has 0 fully saturated rings. The Morgan fingerprint density at radius 3 is 2.55 bits per heavy atom.